The van der Waals surface area contributed by atoms with Crippen LogP contribution in [0.15, 0.2) is 18.2 Å². The van der Waals surface area contributed by atoms with Gasteiger partial charge in [-0.2, -0.15) is 0 Å². The molecule has 0 aromatic heterocycles. The number of nitrogen functional groups attached to an aromatic ring is 1. The van der Waals surface area contributed by atoms with Crippen molar-refractivity contribution in [2.24, 2.45) is 0 Å². The number of ether oxygens (including phenoxy) is 1. The van der Waals surface area contributed by atoms with Crippen LogP contribution in [0.2, 0.25) is 0 Å². The van der Waals surface area contributed by atoms with E-state index in [2.05, 4.69) is 15.4 Å². The minimum Gasteiger partial charge on any atom is -0.468 e. The van der Waals surface area contributed by atoms with Crippen molar-refractivity contribution in [3.63, 3.8) is 0 Å². The summed E-state index contributed by atoms with van der Waals surface area (Å²) in [7, 11) is 1.31. The number of amides is 1. The maximum Gasteiger partial charge on any atom is 0.325 e. The van der Waals surface area contributed by atoms with Crippen LogP contribution in [0.3, 0.4) is 0 Å². The Morgan fingerprint density at radius 2 is 2.11 bits per heavy atom. The van der Waals surface area contributed by atoms with E-state index in [9.17, 15) is 9.59 Å². The van der Waals surface area contributed by atoms with E-state index < -0.39 is 0 Å². The highest BCUT2D eigenvalue weighted by molar-refractivity contribution is 5.96. The Balaban J connectivity index is 2.73. The molecule has 0 saturated carbocycles. The third-order valence-corrected chi connectivity index (χ3v) is 2.30. The molecular formula is C12H17N3O3. The molecule has 6 nitrogen and oxygen atoms in total. The van der Waals surface area contributed by atoms with E-state index in [0.29, 0.717) is 23.5 Å². The Hall–Kier alpha value is -2.24. The van der Waals surface area contributed by atoms with Gasteiger partial charge in [-0.25, -0.2) is 0 Å². The van der Waals surface area contributed by atoms with E-state index in [-0.39, 0.29) is 18.4 Å². The maximum absolute atomic E-state index is 11.6. The molecule has 0 spiro atoms. The number of esters is 1. The van der Waals surface area contributed by atoms with Crippen molar-refractivity contribution in [2.45, 2.75) is 6.92 Å². The lowest BCUT2D eigenvalue weighted by Crippen LogP contribution is -2.23. The average Bonchev–Trinajstić information content (AvgIpc) is 2.37. The molecule has 0 radical (unpaired) electrons. The molecule has 0 aliphatic carbocycles. The fraction of sp³-hybridized carbons (Fsp3) is 0.333. The molecule has 98 valence electrons. The maximum atomic E-state index is 11.6. The Morgan fingerprint density at radius 1 is 1.39 bits per heavy atom. The van der Waals surface area contributed by atoms with Crippen molar-refractivity contribution in [1.29, 1.82) is 0 Å². The Labute approximate surface area is 105 Å². The van der Waals surface area contributed by atoms with E-state index >= 15 is 0 Å². The normalized spacial score (nSPS) is 9.67. The predicted molar refractivity (Wildman–Crippen MR) is 69.4 cm³/mol. The highest BCUT2D eigenvalue weighted by atomic mass is 16.5. The van der Waals surface area contributed by atoms with Gasteiger partial charge in [0.1, 0.15) is 6.54 Å². The summed E-state index contributed by atoms with van der Waals surface area (Å²) in [6, 6.07) is 4.86. The van der Waals surface area contributed by atoms with Gasteiger partial charge in [0.25, 0.3) is 5.91 Å². The van der Waals surface area contributed by atoms with Gasteiger partial charge in [0.2, 0.25) is 0 Å². The minimum atomic E-state index is -0.387. The van der Waals surface area contributed by atoms with Gasteiger partial charge in [0.15, 0.2) is 0 Å². The van der Waals surface area contributed by atoms with Gasteiger partial charge >= 0.3 is 5.97 Å². The van der Waals surface area contributed by atoms with Crippen LogP contribution in [0, 0.1) is 0 Å². The summed E-state index contributed by atoms with van der Waals surface area (Å²) in [6.07, 6.45) is 0. The number of anilines is 2. The molecule has 4 N–H and O–H groups in total. The summed E-state index contributed by atoms with van der Waals surface area (Å²) >= 11 is 0. The van der Waals surface area contributed by atoms with Gasteiger partial charge in [-0.1, -0.05) is 0 Å². The number of nitrogens with one attached hydrogen (secondary N) is 2. The molecule has 0 heterocycles. The van der Waals surface area contributed by atoms with Crippen molar-refractivity contribution in [3.05, 3.63) is 23.8 Å². The van der Waals surface area contributed by atoms with Crippen LogP contribution >= 0.6 is 0 Å². The quantitative estimate of drug-likeness (QED) is 0.526. The van der Waals surface area contributed by atoms with Gasteiger partial charge in [-0.15, -0.1) is 0 Å². The molecule has 1 aromatic rings. The number of benzene rings is 1. The number of hydrogen-bond donors (Lipinski definition) is 3. The van der Waals surface area contributed by atoms with Crippen molar-refractivity contribution in [2.75, 3.05) is 31.2 Å². The largest absolute Gasteiger partial charge is 0.468 e. The molecule has 0 fully saturated rings. The summed E-state index contributed by atoms with van der Waals surface area (Å²) in [5.41, 5.74) is 7.27. The van der Waals surface area contributed by atoms with Gasteiger partial charge < -0.3 is 21.1 Å². The number of rotatable bonds is 5. The Kier molecular flexibility index (Phi) is 4.98. The third-order valence-electron chi connectivity index (χ3n) is 2.30. The fourth-order valence-electron chi connectivity index (χ4n) is 1.37. The van der Waals surface area contributed by atoms with Crippen molar-refractivity contribution < 1.29 is 14.3 Å². The zero-order valence-electron chi connectivity index (χ0n) is 10.4. The number of hydrogen-bond acceptors (Lipinski definition) is 5. The molecule has 1 amide bonds. The zero-order valence-corrected chi connectivity index (χ0v) is 10.4. The first kappa shape index (κ1) is 13.8. The van der Waals surface area contributed by atoms with Crippen molar-refractivity contribution in [3.8, 4) is 0 Å². The molecule has 6 heteroatoms. The number of methoxy groups -OCH3 is 1. The lowest BCUT2D eigenvalue weighted by Gasteiger charge is -2.10. The molecule has 18 heavy (non-hydrogen) atoms. The molecule has 0 aliphatic rings. The molecule has 0 bridgehead atoms. The van der Waals surface area contributed by atoms with Crippen LogP contribution in [0.1, 0.15) is 17.3 Å². The lowest BCUT2D eigenvalue weighted by molar-refractivity contribution is -0.138. The van der Waals surface area contributed by atoms with Gasteiger partial charge in [-0.3, -0.25) is 9.59 Å². The van der Waals surface area contributed by atoms with Gasteiger partial charge in [0.05, 0.1) is 18.5 Å². The van der Waals surface area contributed by atoms with E-state index in [4.69, 9.17) is 5.73 Å². The van der Waals surface area contributed by atoms with E-state index in [0.717, 1.165) is 0 Å². The topological polar surface area (TPSA) is 93.5 Å². The molecule has 0 unspecified atom stereocenters. The molecule has 0 aliphatic heterocycles. The number of carbonyl (C=O) groups excluding carboxylic acids is 2. The van der Waals surface area contributed by atoms with Crippen LogP contribution in [-0.4, -0.2) is 32.1 Å². The van der Waals surface area contributed by atoms with Gasteiger partial charge in [-0.05, 0) is 25.1 Å². The molecular weight excluding hydrogens is 234 g/mol. The summed E-state index contributed by atoms with van der Waals surface area (Å²) in [6.45, 7) is 2.43. The summed E-state index contributed by atoms with van der Waals surface area (Å²) in [5, 5.41) is 5.51. The molecule has 1 aromatic carbocycles. The van der Waals surface area contributed by atoms with Crippen molar-refractivity contribution >= 4 is 23.3 Å². The van der Waals surface area contributed by atoms with Crippen LogP contribution < -0.4 is 16.4 Å². The average molecular weight is 251 g/mol. The summed E-state index contributed by atoms with van der Waals surface area (Å²) in [4.78, 5) is 22.5. The molecule has 1 rings (SSSR count). The number of carbonyl (C=O) groups is 2. The van der Waals surface area contributed by atoms with Crippen LogP contribution in [0.5, 0.6) is 0 Å². The zero-order chi connectivity index (χ0) is 13.5. The van der Waals surface area contributed by atoms with E-state index in [1.807, 2.05) is 6.92 Å². The monoisotopic (exact) mass is 251 g/mol. The third kappa shape index (κ3) is 3.65. The molecule has 0 saturated heterocycles. The lowest BCUT2D eigenvalue weighted by atomic mass is 10.1. The smallest absolute Gasteiger partial charge is 0.325 e. The second-order valence-electron chi connectivity index (χ2n) is 3.59. The first-order valence-corrected chi connectivity index (χ1v) is 5.57. The van der Waals surface area contributed by atoms with Crippen molar-refractivity contribution in [1.82, 2.24) is 5.32 Å². The standard InChI is InChI=1S/C12H17N3O3/c1-3-14-12(17)8-4-5-10(9(13)6-8)15-7-11(16)18-2/h4-6,15H,3,7,13H2,1-2H3,(H,14,17). The van der Waals surface area contributed by atoms with E-state index in [1.165, 1.54) is 7.11 Å². The van der Waals surface area contributed by atoms with Crippen LogP contribution in [0.25, 0.3) is 0 Å². The second-order valence-corrected chi connectivity index (χ2v) is 3.59. The predicted octanol–water partition coefficient (Wildman–Crippen LogP) is 0.603. The fourth-order valence-corrected chi connectivity index (χ4v) is 1.37. The SMILES string of the molecule is CCNC(=O)c1ccc(NCC(=O)OC)c(N)c1. The first-order chi connectivity index (χ1) is 8.58. The Morgan fingerprint density at radius 3 is 2.67 bits per heavy atom. The van der Waals surface area contributed by atoms with Gasteiger partial charge in [0, 0.05) is 12.1 Å². The Bertz CT molecular complexity index is 446. The van der Waals surface area contributed by atoms with Crippen LogP contribution in [-0.2, 0) is 9.53 Å². The highest BCUT2D eigenvalue weighted by Crippen LogP contribution is 2.19. The van der Waals surface area contributed by atoms with E-state index in [1.54, 1.807) is 18.2 Å². The number of nitrogens with two attached hydrogens (primary N) is 1. The van der Waals surface area contributed by atoms with Crippen LogP contribution in [0.4, 0.5) is 11.4 Å². The molecule has 0 atom stereocenters. The highest BCUT2D eigenvalue weighted by Gasteiger charge is 2.08. The first-order valence-electron chi connectivity index (χ1n) is 5.57. The second kappa shape index (κ2) is 6.48. The summed E-state index contributed by atoms with van der Waals surface area (Å²) in [5.74, 6) is -0.564. The summed E-state index contributed by atoms with van der Waals surface area (Å²) < 4.78 is 4.50. The minimum absolute atomic E-state index is 0.0290.